The van der Waals surface area contributed by atoms with E-state index in [1.165, 1.54) is 7.11 Å². The van der Waals surface area contributed by atoms with Crippen LogP contribution >= 0.6 is 0 Å². The number of methoxy groups -OCH3 is 1. The molecule has 0 fully saturated rings. The molecular formula is C11H14O4. The lowest BCUT2D eigenvalue weighted by atomic mass is 10.0. The summed E-state index contributed by atoms with van der Waals surface area (Å²) in [6.07, 6.45) is -1.54. The Kier molecular flexibility index (Phi) is 3.31. The van der Waals surface area contributed by atoms with E-state index in [4.69, 9.17) is 9.84 Å². The second kappa shape index (κ2) is 4.31. The van der Waals surface area contributed by atoms with Gasteiger partial charge in [0.05, 0.1) is 7.11 Å². The highest BCUT2D eigenvalue weighted by Gasteiger charge is 2.21. The average Bonchev–Trinajstić information content (AvgIpc) is 2.15. The number of aryl methyl sites for hydroxylation is 2. The van der Waals surface area contributed by atoms with Crippen molar-refractivity contribution in [1.82, 2.24) is 0 Å². The minimum absolute atomic E-state index is 0.294. The van der Waals surface area contributed by atoms with Crippen molar-refractivity contribution in [3.05, 3.63) is 28.8 Å². The summed E-state index contributed by atoms with van der Waals surface area (Å²) in [5, 5.41) is 18.2. The topological polar surface area (TPSA) is 66.8 Å². The fraction of sp³-hybridized carbons (Fsp3) is 0.364. The first kappa shape index (κ1) is 11.5. The molecule has 1 unspecified atom stereocenters. The third-order valence-electron chi connectivity index (χ3n) is 2.18. The van der Waals surface area contributed by atoms with E-state index in [2.05, 4.69) is 0 Å². The van der Waals surface area contributed by atoms with Gasteiger partial charge < -0.3 is 14.9 Å². The van der Waals surface area contributed by atoms with Crippen molar-refractivity contribution in [2.45, 2.75) is 20.0 Å². The molecule has 0 amide bonds. The molecule has 0 aromatic heterocycles. The van der Waals surface area contributed by atoms with Crippen LogP contribution in [0.15, 0.2) is 12.1 Å². The minimum Gasteiger partial charge on any atom is -0.496 e. The Balaban J connectivity index is 3.32. The highest BCUT2D eigenvalue weighted by atomic mass is 16.5. The number of hydrogen-bond acceptors (Lipinski definition) is 3. The highest BCUT2D eigenvalue weighted by Crippen LogP contribution is 2.30. The molecule has 0 heterocycles. The van der Waals surface area contributed by atoms with Gasteiger partial charge in [-0.15, -0.1) is 0 Å². The van der Waals surface area contributed by atoms with E-state index in [1.54, 1.807) is 6.07 Å². The fourth-order valence-corrected chi connectivity index (χ4v) is 1.60. The lowest BCUT2D eigenvalue weighted by Crippen LogP contribution is -2.12. The molecule has 1 aromatic rings. The Bertz CT molecular complexity index is 384. The van der Waals surface area contributed by atoms with Gasteiger partial charge in [0.1, 0.15) is 5.75 Å². The van der Waals surface area contributed by atoms with Crippen molar-refractivity contribution in [3.63, 3.8) is 0 Å². The van der Waals surface area contributed by atoms with E-state index in [9.17, 15) is 9.90 Å². The molecule has 0 radical (unpaired) electrons. The summed E-state index contributed by atoms with van der Waals surface area (Å²) in [6, 6.07) is 3.49. The van der Waals surface area contributed by atoms with Gasteiger partial charge in [-0.1, -0.05) is 11.6 Å². The summed E-state index contributed by atoms with van der Waals surface area (Å²) in [4.78, 5) is 10.7. The number of benzene rings is 1. The van der Waals surface area contributed by atoms with Crippen molar-refractivity contribution in [1.29, 1.82) is 0 Å². The van der Waals surface area contributed by atoms with Gasteiger partial charge in [-0.05, 0) is 25.5 Å². The zero-order valence-corrected chi connectivity index (χ0v) is 8.94. The van der Waals surface area contributed by atoms with Gasteiger partial charge in [-0.3, -0.25) is 0 Å². The van der Waals surface area contributed by atoms with Crippen molar-refractivity contribution >= 4 is 5.97 Å². The van der Waals surface area contributed by atoms with E-state index < -0.39 is 12.1 Å². The zero-order valence-electron chi connectivity index (χ0n) is 8.94. The lowest BCUT2D eigenvalue weighted by molar-refractivity contribution is -0.147. The number of rotatable bonds is 3. The SMILES string of the molecule is COc1c(C)cc(C)cc1C(O)C(=O)O. The number of hydrogen-bond donors (Lipinski definition) is 2. The summed E-state index contributed by atoms with van der Waals surface area (Å²) in [7, 11) is 1.45. The third kappa shape index (κ3) is 2.27. The van der Waals surface area contributed by atoms with E-state index >= 15 is 0 Å². The lowest BCUT2D eigenvalue weighted by Gasteiger charge is -2.14. The average molecular weight is 210 g/mol. The zero-order chi connectivity index (χ0) is 11.6. The first-order valence-corrected chi connectivity index (χ1v) is 4.53. The second-order valence-electron chi connectivity index (χ2n) is 3.45. The molecule has 0 bridgehead atoms. The van der Waals surface area contributed by atoms with Crippen molar-refractivity contribution in [2.24, 2.45) is 0 Å². The van der Waals surface area contributed by atoms with Crippen LogP contribution in [-0.2, 0) is 4.79 Å². The maximum Gasteiger partial charge on any atom is 0.337 e. The number of carboxylic acids is 1. The summed E-state index contributed by atoms with van der Waals surface area (Å²) in [5.74, 6) is -0.853. The maximum atomic E-state index is 10.7. The van der Waals surface area contributed by atoms with Crippen molar-refractivity contribution in [3.8, 4) is 5.75 Å². The molecule has 0 saturated carbocycles. The summed E-state index contributed by atoms with van der Waals surface area (Å²) in [5.41, 5.74) is 2.00. The van der Waals surface area contributed by atoms with Gasteiger partial charge in [-0.2, -0.15) is 0 Å². The molecule has 82 valence electrons. The van der Waals surface area contributed by atoms with Crippen molar-refractivity contribution in [2.75, 3.05) is 7.11 Å². The highest BCUT2D eigenvalue weighted by molar-refractivity contribution is 5.75. The Labute approximate surface area is 88.1 Å². The van der Waals surface area contributed by atoms with Gasteiger partial charge >= 0.3 is 5.97 Å². The predicted octanol–water partition coefficient (Wildman–Crippen LogP) is 1.43. The number of aliphatic carboxylic acids is 1. The molecular weight excluding hydrogens is 196 g/mol. The molecule has 15 heavy (non-hydrogen) atoms. The Morgan fingerprint density at radius 3 is 2.47 bits per heavy atom. The number of aliphatic hydroxyl groups excluding tert-OH is 1. The molecule has 2 N–H and O–H groups in total. The molecule has 0 spiro atoms. The molecule has 4 heteroatoms. The van der Waals surface area contributed by atoms with Crippen LogP contribution in [0.25, 0.3) is 0 Å². The van der Waals surface area contributed by atoms with Crippen molar-refractivity contribution < 1.29 is 19.7 Å². The molecule has 0 aliphatic heterocycles. The Morgan fingerprint density at radius 1 is 1.40 bits per heavy atom. The molecule has 1 atom stereocenters. The van der Waals surface area contributed by atoms with Gasteiger partial charge in [-0.25, -0.2) is 4.79 Å². The Morgan fingerprint density at radius 2 is 2.00 bits per heavy atom. The normalized spacial score (nSPS) is 12.3. The summed E-state index contributed by atoms with van der Waals surface area (Å²) < 4.78 is 5.08. The van der Waals surface area contributed by atoms with E-state index in [0.29, 0.717) is 11.3 Å². The number of carbonyl (C=O) groups is 1. The van der Waals surface area contributed by atoms with Crippen LogP contribution in [0, 0.1) is 13.8 Å². The molecule has 4 nitrogen and oxygen atoms in total. The smallest absolute Gasteiger partial charge is 0.337 e. The van der Waals surface area contributed by atoms with Crippen LogP contribution in [-0.4, -0.2) is 23.3 Å². The van der Waals surface area contributed by atoms with Crippen LogP contribution < -0.4 is 4.74 Å². The number of ether oxygens (including phenoxy) is 1. The largest absolute Gasteiger partial charge is 0.496 e. The minimum atomic E-state index is -1.54. The van der Waals surface area contributed by atoms with E-state index in [-0.39, 0.29) is 0 Å². The Hall–Kier alpha value is -1.55. The predicted molar refractivity (Wildman–Crippen MR) is 55.1 cm³/mol. The molecule has 0 saturated heterocycles. The summed E-state index contributed by atoms with van der Waals surface area (Å²) in [6.45, 7) is 3.65. The van der Waals surface area contributed by atoms with Gasteiger partial charge in [0, 0.05) is 5.56 Å². The van der Waals surface area contributed by atoms with Crippen LogP contribution in [0.2, 0.25) is 0 Å². The van der Waals surface area contributed by atoms with E-state index in [0.717, 1.165) is 11.1 Å². The third-order valence-corrected chi connectivity index (χ3v) is 2.18. The van der Waals surface area contributed by atoms with Crippen LogP contribution in [0.4, 0.5) is 0 Å². The molecule has 1 aromatic carbocycles. The van der Waals surface area contributed by atoms with Gasteiger partial charge in [0.15, 0.2) is 6.10 Å². The first-order valence-electron chi connectivity index (χ1n) is 4.53. The maximum absolute atomic E-state index is 10.7. The second-order valence-corrected chi connectivity index (χ2v) is 3.45. The van der Waals surface area contributed by atoms with Gasteiger partial charge in [0.2, 0.25) is 0 Å². The number of aliphatic hydroxyl groups is 1. The molecule has 1 rings (SSSR count). The molecule has 0 aliphatic carbocycles. The van der Waals surface area contributed by atoms with Crippen LogP contribution in [0.3, 0.4) is 0 Å². The monoisotopic (exact) mass is 210 g/mol. The summed E-state index contributed by atoms with van der Waals surface area (Å²) >= 11 is 0. The van der Waals surface area contributed by atoms with Gasteiger partial charge in [0.25, 0.3) is 0 Å². The van der Waals surface area contributed by atoms with E-state index in [1.807, 2.05) is 19.9 Å². The fourth-order valence-electron chi connectivity index (χ4n) is 1.60. The number of carboxylic acid groups (broad SMARTS) is 1. The standard InChI is InChI=1S/C11H14O4/c1-6-4-7(2)10(15-3)8(5-6)9(12)11(13)14/h4-5,9,12H,1-3H3,(H,13,14). The van der Waals surface area contributed by atoms with Crippen LogP contribution in [0.1, 0.15) is 22.8 Å². The van der Waals surface area contributed by atoms with Crippen LogP contribution in [0.5, 0.6) is 5.75 Å². The molecule has 0 aliphatic rings. The first-order chi connectivity index (χ1) is 6.97. The quantitative estimate of drug-likeness (QED) is 0.792.